The van der Waals surface area contributed by atoms with Gasteiger partial charge in [0.15, 0.2) is 0 Å². The van der Waals surface area contributed by atoms with Crippen LogP contribution in [-0.4, -0.2) is 35.5 Å². The Balaban J connectivity index is 0.000000213. The third-order valence-electron chi connectivity index (χ3n) is 3.38. The van der Waals surface area contributed by atoms with Gasteiger partial charge < -0.3 is 5.11 Å². The van der Waals surface area contributed by atoms with Crippen molar-refractivity contribution in [2.75, 3.05) is 16.3 Å². The fraction of sp³-hybridized carbons (Fsp3) is 0.308. The van der Waals surface area contributed by atoms with Crippen molar-refractivity contribution in [1.82, 2.24) is 0 Å². The number of nitrogens with zero attached hydrogens (tertiary/aromatic N) is 3. The van der Waals surface area contributed by atoms with Gasteiger partial charge in [0.1, 0.15) is 11.9 Å². The van der Waals surface area contributed by atoms with Crippen molar-refractivity contribution in [2.24, 2.45) is 4.99 Å². The molecule has 1 aromatic carbocycles. The third-order valence-corrected chi connectivity index (χ3v) is 3.38. The monoisotopic (exact) mass is 277 g/mol. The summed E-state index contributed by atoms with van der Waals surface area (Å²) in [6.07, 6.45) is 0.222. The molecule has 6 nitrogen and oxygen atoms in total. The first-order valence-electron chi connectivity index (χ1n) is 6.23. The molecule has 0 aromatic heterocycles. The maximum atomic E-state index is 13.1. The maximum absolute atomic E-state index is 13.1. The second kappa shape index (κ2) is 4.29. The van der Waals surface area contributed by atoms with Gasteiger partial charge in [-0.15, -0.1) is 0 Å². The Hall–Kier alpha value is -2.44. The molecule has 0 radical (unpaired) electrons. The Kier molecular flexibility index (Phi) is 2.70. The number of aliphatic imine (C=N–C) groups is 1. The lowest BCUT2D eigenvalue weighted by Crippen LogP contribution is -2.39. The van der Waals surface area contributed by atoms with Gasteiger partial charge in [0.2, 0.25) is 5.96 Å². The number of halogens is 1. The molecule has 3 aliphatic heterocycles. The molecule has 1 fully saturated rings. The number of hydrogen-bond donors (Lipinski definition) is 1. The van der Waals surface area contributed by atoms with Crippen LogP contribution in [-0.2, 0) is 9.59 Å². The van der Waals surface area contributed by atoms with E-state index in [1.54, 1.807) is 13.0 Å². The van der Waals surface area contributed by atoms with Crippen molar-refractivity contribution < 1.29 is 19.1 Å². The molecule has 4 bridgehead atoms. The van der Waals surface area contributed by atoms with E-state index >= 15 is 0 Å². The van der Waals surface area contributed by atoms with Crippen LogP contribution in [0, 0.1) is 5.82 Å². The quantitative estimate of drug-likeness (QED) is 0.837. The average Bonchev–Trinajstić information content (AvgIpc) is 3.03. The fourth-order valence-electron chi connectivity index (χ4n) is 2.46. The number of aliphatic carboxylic acids is 1. The first-order chi connectivity index (χ1) is 9.54. The molecule has 0 aliphatic carbocycles. The average molecular weight is 277 g/mol. The number of amides is 1. The van der Waals surface area contributed by atoms with Crippen LogP contribution in [0.25, 0.3) is 0 Å². The van der Waals surface area contributed by atoms with Gasteiger partial charge in [0, 0.05) is 12.5 Å². The fourth-order valence-corrected chi connectivity index (χ4v) is 2.46. The minimum absolute atomic E-state index is 0.0121. The van der Waals surface area contributed by atoms with Crippen LogP contribution in [0.15, 0.2) is 23.2 Å². The largest absolute Gasteiger partial charge is 0.481 e. The summed E-state index contributed by atoms with van der Waals surface area (Å²) in [6.45, 7) is 2.13. The van der Waals surface area contributed by atoms with Crippen molar-refractivity contribution in [3.8, 4) is 0 Å². The zero-order valence-corrected chi connectivity index (χ0v) is 10.7. The highest BCUT2D eigenvalue weighted by atomic mass is 19.1. The molecule has 20 heavy (non-hydrogen) atoms. The number of hydrogen-bond acceptors (Lipinski definition) is 4. The van der Waals surface area contributed by atoms with E-state index in [4.69, 9.17) is 5.11 Å². The summed E-state index contributed by atoms with van der Waals surface area (Å²) in [4.78, 5) is 28.8. The molecule has 1 atom stereocenters. The first kappa shape index (κ1) is 12.6. The SMILES string of the molecule is CCC(=O)O.O=C1C2CN=C3N1c1cc(F)ccc1N32. The van der Waals surface area contributed by atoms with Crippen molar-refractivity contribution in [3.63, 3.8) is 0 Å². The van der Waals surface area contributed by atoms with Crippen molar-refractivity contribution >= 4 is 29.2 Å². The van der Waals surface area contributed by atoms with E-state index in [2.05, 4.69) is 4.99 Å². The van der Waals surface area contributed by atoms with Crippen LogP contribution in [0.3, 0.4) is 0 Å². The predicted octanol–water partition coefficient (Wildman–Crippen LogP) is 1.21. The summed E-state index contributed by atoms with van der Waals surface area (Å²) in [6, 6.07) is 4.30. The second-order valence-corrected chi connectivity index (χ2v) is 4.58. The van der Waals surface area contributed by atoms with Gasteiger partial charge in [-0.05, 0) is 12.1 Å². The topological polar surface area (TPSA) is 73.2 Å². The lowest BCUT2D eigenvalue weighted by atomic mass is 10.1. The van der Waals surface area contributed by atoms with Gasteiger partial charge in [-0.2, -0.15) is 0 Å². The molecule has 1 unspecified atom stereocenters. The molecule has 1 saturated heterocycles. The van der Waals surface area contributed by atoms with E-state index in [-0.39, 0.29) is 24.2 Å². The maximum Gasteiger partial charge on any atom is 0.303 e. The molecule has 1 N–H and O–H groups in total. The molecule has 0 spiro atoms. The lowest BCUT2D eigenvalue weighted by Gasteiger charge is -2.22. The number of fused-ring (bicyclic) bond motifs is 2. The number of anilines is 2. The molecule has 0 saturated carbocycles. The highest BCUT2D eigenvalue weighted by molar-refractivity contribution is 6.37. The molecule has 3 aliphatic rings. The number of carbonyl (C=O) groups is 2. The number of guanidine groups is 1. The number of carboxylic acids is 1. The van der Waals surface area contributed by atoms with Gasteiger partial charge in [-0.25, -0.2) is 14.3 Å². The van der Waals surface area contributed by atoms with Crippen LogP contribution in [0.2, 0.25) is 0 Å². The molecular formula is C13H12FN3O3. The molecule has 1 aromatic rings. The Morgan fingerprint density at radius 3 is 2.85 bits per heavy atom. The number of benzene rings is 1. The molecule has 7 heteroatoms. The summed E-state index contributed by atoms with van der Waals surface area (Å²) in [5.41, 5.74) is 1.51. The van der Waals surface area contributed by atoms with Crippen molar-refractivity contribution in [1.29, 1.82) is 0 Å². The first-order valence-corrected chi connectivity index (χ1v) is 6.23. The van der Waals surface area contributed by atoms with Crippen LogP contribution in [0.4, 0.5) is 15.8 Å². The highest BCUT2D eigenvalue weighted by Crippen LogP contribution is 2.46. The Bertz CT molecular complexity index is 644. The second-order valence-electron chi connectivity index (χ2n) is 4.58. The standard InChI is InChI=1S/C10H6FN3O.C3H6O2/c11-5-1-2-6-7(3-5)14-9(15)8-4-12-10(14)13(6)8;1-2-3(4)5/h1-3,8H,4H2;2H2,1H3,(H,4,5). The van der Waals surface area contributed by atoms with E-state index in [1.165, 1.54) is 17.0 Å². The molecule has 3 heterocycles. The Morgan fingerprint density at radius 2 is 2.20 bits per heavy atom. The zero-order valence-electron chi connectivity index (χ0n) is 10.7. The minimum Gasteiger partial charge on any atom is -0.481 e. The summed E-state index contributed by atoms with van der Waals surface area (Å²) >= 11 is 0. The van der Waals surface area contributed by atoms with Gasteiger partial charge in [0.25, 0.3) is 5.91 Å². The normalized spacial score (nSPS) is 20.6. The van der Waals surface area contributed by atoms with Crippen LogP contribution < -0.4 is 9.80 Å². The summed E-state index contributed by atoms with van der Waals surface area (Å²) in [5, 5.41) is 7.72. The highest BCUT2D eigenvalue weighted by Gasteiger charge is 2.55. The van der Waals surface area contributed by atoms with Gasteiger partial charge >= 0.3 is 5.97 Å². The number of carbonyl (C=O) groups excluding carboxylic acids is 1. The molecular weight excluding hydrogens is 265 g/mol. The van der Waals surface area contributed by atoms with Crippen LogP contribution in [0.5, 0.6) is 0 Å². The van der Waals surface area contributed by atoms with E-state index < -0.39 is 5.97 Å². The van der Waals surface area contributed by atoms with Gasteiger partial charge in [0.05, 0.1) is 17.9 Å². The third kappa shape index (κ3) is 1.59. The lowest BCUT2D eigenvalue weighted by molar-refractivity contribution is -0.136. The van der Waals surface area contributed by atoms with E-state index in [1.807, 2.05) is 4.90 Å². The van der Waals surface area contributed by atoms with Crippen LogP contribution >= 0.6 is 0 Å². The van der Waals surface area contributed by atoms with E-state index in [9.17, 15) is 14.0 Å². The molecule has 104 valence electrons. The van der Waals surface area contributed by atoms with Gasteiger partial charge in [-0.3, -0.25) is 14.5 Å². The zero-order chi connectivity index (χ0) is 14.4. The summed E-state index contributed by atoms with van der Waals surface area (Å²) in [5.74, 6) is -0.402. The molecule has 1 amide bonds. The minimum atomic E-state index is -0.745. The summed E-state index contributed by atoms with van der Waals surface area (Å²) in [7, 11) is 0. The van der Waals surface area contributed by atoms with Crippen LogP contribution in [0.1, 0.15) is 13.3 Å². The number of carboxylic acid groups (broad SMARTS) is 1. The van der Waals surface area contributed by atoms with E-state index in [0.29, 0.717) is 18.2 Å². The Morgan fingerprint density at radius 1 is 1.50 bits per heavy atom. The molecule has 4 rings (SSSR count). The Labute approximate surface area is 114 Å². The van der Waals surface area contributed by atoms with Crippen molar-refractivity contribution in [3.05, 3.63) is 24.0 Å². The smallest absolute Gasteiger partial charge is 0.303 e. The van der Waals surface area contributed by atoms with Crippen molar-refractivity contribution in [2.45, 2.75) is 19.4 Å². The predicted molar refractivity (Wildman–Crippen MR) is 70.4 cm³/mol. The number of rotatable bonds is 1. The van der Waals surface area contributed by atoms with Gasteiger partial charge in [-0.1, -0.05) is 6.92 Å². The van der Waals surface area contributed by atoms with E-state index in [0.717, 1.165) is 5.69 Å². The summed E-state index contributed by atoms with van der Waals surface area (Å²) < 4.78 is 13.1.